The van der Waals surface area contributed by atoms with Crippen LogP contribution in [0.25, 0.3) is 0 Å². The van der Waals surface area contributed by atoms with Crippen molar-refractivity contribution in [1.82, 2.24) is 10.6 Å². The van der Waals surface area contributed by atoms with Crippen LogP contribution in [0.2, 0.25) is 0 Å². The van der Waals surface area contributed by atoms with Crippen molar-refractivity contribution < 1.29 is 9.59 Å². The molecule has 0 aliphatic rings. The van der Waals surface area contributed by atoms with Gasteiger partial charge in [-0.15, -0.1) is 0 Å². The first-order valence-corrected chi connectivity index (χ1v) is 5.79. The van der Waals surface area contributed by atoms with Crippen molar-refractivity contribution in [3.63, 3.8) is 0 Å². The van der Waals surface area contributed by atoms with Gasteiger partial charge in [0, 0.05) is 17.8 Å². The van der Waals surface area contributed by atoms with E-state index in [0.717, 1.165) is 6.42 Å². The zero-order chi connectivity index (χ0) is 13.4. The van der Waals surface area contributed by atoms with Crippen LogP contribution >= 0.6 is 0 Å². The molecule has 0 bridgehead atoms. The SMILES string of the molecule is CCCNC(=O)CNC(=O)c1ccc(NN)cc1. The van der Waals surface area contributed by atoms with E-state index >= 15 is 0 Å². The third-order valence-electron chi connectivity index (χ3n) is 2.30. The van der Waals surface area contributed by atoms with Gasteiger partial charge in [0.05, 0.1) is 6.54 Å². The van der Waals surface area contributed by atoms with Crippen LogP contribution in [0, 0.1) is 0 Å². The Kier molecular flexibility index (Phi) is 5.66. The minimum absolute atomic E-state index is 0.0181. The van der Waals surface area contributed by atoms with E-state index in [-0.39, 0.29) is 18.4 Å². The van der Waals surface area contributed by atoms with E-state index in [9.17, 15) is 9.59 Å². The number of benzene rings is 1. The summed E-state index contributed by atoms with van der Waals surface area (Å²) in [5.41, 5.74) is 3.67. The Labute approximate surface area is 106 Å². The molecule has 0 heterocycles. The van der Waals surface area contributed by atoms with Gasteiger partial charge in [-0.3, -0.25) is 15.4 Å². The number of rotatable bonds is 6. The molecule has 1 aromatic carbocycles. The monoisotopic (exact) mass is 250 g/mol. The van der Waals surface area contributed by atoms with Crippen molar-refractivity contribution in [2.24, 2.45) is 5.84 Å². The molecule has 0 aliphatic carbocycles. The third kappa shape index (κ3) is 4.42. The quantitative estimate of drug-likeness (QED) is 0.429. The summed E-state index contributed by atoms with van der Waals surface area (Å²) in [6, 6.07) is 6.64. The fourth-order valence-electron chi connectivity index (χ4n) is 1.31. The minimum Gasteiger partial charge on any atom is -0.355 e. The van der Waals surface area contributed by atoms with E-state index in [4.69, 9.17) is 5.84 Å². The van der Waals surface area contributed by atoms with Gasteiger partial charge in [0.25, 0.3) is 5.91 Å². The molecule has 1 aromatic rings. The summed E-state index contributed by atoms with van der Waals surface area (Å²) in [5, 5.41) is 5.22. The highest BCUT2D eigenvalue weighted by atomic mass is 16.2. The molecule has 5 N–H and O–H groups in total. The molecule has 0 unspecified atom stereocenters. The number of hydrogen-bond donors (Lipinski definition) is 4. The van der Waals surface area contributed by atoms with Gasteiger partial charge in [0.1, 0.15) is 0 Å². The van der Waals surface area contributed by atoms with E-state index in [1.54, 1.807) is 24.3 Å². The van der Waals surface area contributed by atoms with Crippen molar-refractivity contribution in [2.45, 2.75) is 13.3 Å². The topological polar surface area (TPSA) is 96.2 Å². The van der Waals surface area contributed by atoms with Gasteiger partial charge < -0.3 is 16.1 Å². The molecular formula is C12H18N4O2. The number of carbonyl (C=O) groups is 2. The molecule has 2 amide bonds. The molecule has 6 nitrogen and oxygen atoms in total. The summed E-state index contributed by atoms with van der Waals surface area (Å²) in [5.74, 6) is 4.74. The van der Waals surface area contributed by atoms with Gasteiger partial charge in [-0.2, -0.15) is 0 Å². The van der Waals surface area contributed by atoms with Crippen LogP contribution in [-0.2, 0) is 4.79 Å². The van der Waals surface area contributed by atoms with Gasteiger partial charge in [0.2, 0.25) is 5.91 Å². The molecule has 0 saturated heterocycles. The van der Waals surface area contributed by atoms with Gasteiger partial charge in [-0.1, -0.05) is 6.92 Å². The Morgan fingerprint density at radius 3 is 2.39 bits per heavy atom. The molecule has 0 radical (unpaired) electrons. The molecule has 0 fully saturated rings. The second-order valence-electron chi connectivity index (χ2n) is 3.75. The predicted octanol–water partition coefficient (Wildman–Crippen LogP) is 0.228. The molecular weight excluding hydrogens is 232 g/mol. The van der Waals surface area contributed by atoms with Gasteiger partial charge >= 0.3 is 0 Å². The second-order valence-corrected chi connectivity index (χ2v) is 3.75. The molecule has 0 atom stereocenters. The van der Waals surface area contributed by atoms with Crippen LogP contribution in [0.15, 0.2) is 24.3 Å². The summed E-state index contributed by atoms with van der Waals surface area (Å²) in [6.45, 7) is 2.56. The van der Waals surface area contributed by atoms with Crippen LogP contribution < -0.4 is 21.9 Å². The average molecular weight is 250 g/mol. The van der Waals surface area contributed by atoms with E-state index in [1.807, 2.05) is 6.92 Å². The average Bonchev–Trinajstić information content (AvgIpc) is 2.42. The van der Waals surface area contributed by atoms with Crippen molar-refractivity contribution in [2.75, 3.05) is 18.5 Å². The van der Waals surface area contributed by atoms with E-state index in [0.29, 0.717) is 17.8 Å². The molecule has 0 aromatic heterocycles. The van der Waals surface area contributed by atoms with Gasteiger partial charge in [-0.05, 0) is 30.7 Å². The normalized spacial score (nSPS) is 9.67. The first kappa shape index (κ1) is 14.0. The number of nitrogens with one attached hydrogen (secondary N) is 3. The van der Waals surface area contributed by atoms with Crippen LogP contribution in [0.3, 0.4) is 0 Å². The largest absolute Gasteiger partial charge is 0.355 e. The van der Waals surface area contributed by atoms with Crippen LogP contribution in [0.1, 0.15) is 23.7 Å². The Bertz CT molecular complexity index is 403. The Balaban J connectivity index is 2.42. The van der Waals surface area contributed by atoms with Gasteiger partial charge in [0.15, 0.2) is 0 Å². The van der Waals surface area contributed by atoms with Gasteiger partial charge in [-0.25, -0.2) is 0 Å². The van der Waals surface area contributed by atoms with Crippen LogP contribution in [0.5, 0.6) is 0 Å². The predicted molar refractivity (Wildman–Crippen MR) is 69.9 cm³/mol. The van der Waals surface area contributed by atoms with Crippen molar-refractivity contribution >= 4 is 17.5 Å². The van der Waals surface area contributed by atoms with Crippen molar-refractivity contribution in [3.8, 4) is 0 Å². The zero-order valence-electron chi connectivity index (χ0n) is 10.3. The minimum atomic E-state index is -0.287. The first-order valence-electron chi connectivity index (χ1n) is 5.79. The number of nitrogens with two attached hydrogens (primary N) is 1. The lowest BCUT2D eigenvalue weighted by Gasteiger charge is -2.06. The molecule has 1 rings (SSSR count). The number of anilines is 1. The highest BCUT2D eigenvalue weighted by Gasteiger charge is 2.07. The lowest BCUT2D eigenvalue weighted by Crippen LogP contribution is -2.37. The lowest BCUT2D eigenvalue weighted by atomic mass is 10.2. The van der Waals surface area contributed by atoms with E-state index < -0.39 is 0 Å². The fraction of sp³-hybridized carbons (Fsp3) is 0.333. The third-order valence-corrected chi connectivity index (χ3v) is 2.30. The molecule has 98 valence electrons. The Morgan fingerprint density at radius 1 is 1.17 bits per heavy atom. The van der Waals surface area contributed by atoms with Crippen LogP contribution in [-0.4, -0.2) is 24.9 Å². The first-order chi connectivity index (χ1) is 8.67. The summed E-state index contributed by atoms with van der Waals surface area (Å²) in [4.78, 5) is 23.0. The Morgan fingerprint density at radius 2 is 1.83 bits per heavy atom. The summed E-state index contributed by atoms with van der Waals surface area (Å²) >= 11 is 0. The van der Waals surface area contributed by atoms with Crippen molar-refractivity contribution in [1.29, 1.82) is 0 Å². The maximum absolute atomic E-state index is 11.7. The molecule has 6 heteroatoms. The highest BCUT2D eigenvalue weighted by Crippen LogP contribution is 2.07. The summed E-state index contributed by atoms with van der Waals surface area (Å²) in [7, 11) is 0. The number of carbonyl (C=O) groups excluding carboxylic acids is 2. The number of amides is 2. The van der Waals surface area contributed by atoms with E-state index in [2.05, 4.69) is 16.1 Å². The number of nitrogen functional groups attached to an aromatic ring is 1. The summed E-state index contributed by atoms with van der Waals surface area (Å²) < 4.78 is 0. The number of hydrogen-bond acceptors (Lipinski definition) is 4. The van der Waals surface area contributed by atoms with Crippen molar-refractivity contribution in [3.05, 3.63) is 29.8 Å². The second kappa shape index (κ2) is 7.29. The standard InChI is InChI=1S/C12H18N4O2/c1-2-7-14-11(17)8-15-12(18)9-3-5-10(16-13)6-4-9/h3-6,16H,2,7-8,13H2,1H3,(H,14,17)(H,15,18). The maximum Gasteiger partial charge on any atom is 0.251 e. The summed E-state index contributed by atoms with van der Waals surface area (Å²) in [6.07, 6.45) is 0.868. The Hall–Kier alpha value is -2.08. The van der Waals surface area contributed by atoms with E-state index in [1.165, 1.54) is 0 Å². The van der Waals surface area contributed by atoms with Crippen LogP contribution in [0.4, 0.5) is 5.69 Å². The lowest BCUT2D eigenvalue weighted by molar-refractivity contribution is -0.120. The molecule has 0 saturated carbocycles. The molecule has 18 heavy (non-hydrogen) atoms. The number of hydrazine groups is 1. The zero-order valence-corrected chi connectivity index (χ0v) is 10.3. The molecule has 0 aliphatic heterocycles. The smallest absolute Gasteiger partial charge is 0.251 e. The highest BCUT2D eigenvalue weighted by molar-refractivity contribution is 5.96. The maximum atomic E-state index is 11.7. The molecule has 0 spiro atoms. The fourth-order valence-corrected chi connectivity index (χ4v) is 1.31.